The van der Waals surface area contributed by atoms with Gasteiger partial charge in [0.1, 0.15) is 21.7 Å². The summed E-state index contributed by atoms with van der Waals surface area (Å²) < 4.78 is 30.0. The first-order valence-corrected chi connectivity index (χ1v) is 14.1. The highest BCUT2D eigenvalue weighted by Crippen LogP contribution is 2.38. The van der Waals surface area contributed by atoms with Crippen molar-refractivity contribution >= 4 is 55.3 Å². The zero-order valence-electron chi connectivity index (χ0n) is 20.5. The molecule has 0 radical (unpaired) electrons. The molecule has 0 amide bonds. The van der Waals surface area contributed by atoms with Crippen LogP contribution >= 0.6 is 23.2 Å². The van der Waals surface area contributed by atoms with Crippen LogP contribution in [0, 0.1) is 11.3 Å². The lowest BCUT2D eigenvalue weighted by molar-refractivity contribution is 0.415. The molecule has 0 aliphatic rings. The predicted molar refractivity (Wildman–Crippen MR) is 149 cm³/mol. The van der Waals surface area contributed by atoms with E-state index >= 15 is 0 Å². The Balaban J connectivity index is 1.65. The van der Waals surface area contributed by atoms with E-state index in [4.69, 9.17) is 27.9 Å². The Labute approximate surface area is 225 Å². The van der Waals surface area contributed by atoms with Gasteiger partial charge in [-0.05, 0) is 30.3 Å². The molecule has 4 aromatic rings. The molecule has 0 atom stereocenters. The zero-order chi connectivity index (χ0) is 26.7. The molecule has 0 aliphatic carbocycles. The molecule has 0 fully saturated rings. The Hall–Kier alpha value is -3.29. The molecule has 0 bridgehead atoms. The quantitative estimate of drug-likeness (QED) is 0.268. The smallest absolute Gasteiger partial charge is 0.148 e. The van der Waals surface area contributed by atoms with Gasteiger partial charge in [0.15, 0.2) is 0 Å². The summed E-state index contributed by atoms with van der Waals surface area (Å²) in [6, 6.07) is 15.3. The molecule has 2 N–H and O–H groups in total. The highest BCUT2D eigenvalue weighted by atomic mass is 35.5. The van der Waals surface area contributed by atoms with Gasteiger partial charge in [0.05, 0.1) is 45.4 Å². The average molecular weight is 558 g/mol. The second-order valence-corrected chi connectivity index (χ2v) is 11.6. The topological polar surface area (TPSA) is 109 Å². The minimum atomic E-state index is -3.00. The second-order valence-electron chi connectivity index (χ2n) is 8.56. The molecule has 0 saturated heterocycles. The maximum absolute atomic E-state index is 11.3. The van der Waals surface area contributed by atoms with Crippen molar-refractivity contribution in [3.8, 4) is 23.1 Å². The number of benzene rings is 2. The van der Waals surface area contributed by atoms with E-state index in [1.54, 1.807) is 12.1 Å². The van der Waals surface area contributed by atoms with E-state index in [-0.39, 0.29) is 5.75 Å². The second kappa shape index (κ2) is 11.0. The molecule has 4 rings (SSSR count). The Kier molecular flexibility index (Phi) is 7.95. The van der Waals surface area contributed by atoms with Crippen molar-refractivity contribution < 1.29 is 13.2 Å². The predicted octanol–water partition coefficient (Wildman–Crippen LogP) is 5.31. The summed E-state index contributed by atoms with van der Waals surface area (Å²) >= 11 is 12.6. The summed E-state index contributed by atoms with van der Waals surface area (Å²) in [5, 5.41) is 17.7. The molecule has 37 heavy (non-hydrogen) atoms. The first-order valence-electron chi connectivity index (χ1n) is 11.3. The van der Waals surface area contributed by atoms with Gasteiger partial charge in [0.25, 0.3) is 0 Å². The number of rotatable bonds is 9. The molecule has 0 aliphatic heterocycles. The van der Waals surface area contributed by atoms with Crippen LogP contribution in [0.15, 0.2) is 48.7 Å². The highest BCUT2D eigenvalue weighted by molar-refractivity contribution is 7.90. The molecule has 2 aromatic heterocycles. The van der Waals surface area contributed by atoms with Crippen LogP contribution in [0.3, 0.4) is 0 Å². The molecule has 11 heteroatoms. The lowest BCUT2D eigenvalue weighted by atomic mass is 10.0. The first kappa shape index (κ1) is 26.8. The minimum Gasteiger partial charge on any atom is -0.495 e. The number of nitrogens with zero attached hydrogens (tertiary/aromatic N) is 3. The van der Waals surface area contributed by atoms with E-state index < -0.39 is 9.84 Å². The highest BCUT2D eigenvalue weighted by Gasteiger charge is 2.15. The number of methoxy groups -OCH3 is 1. The van der Waals surface area contributed by atoms with Gasteiger partial charge < -0.3 is 19.9 Å². The fraction of sp³-hybridized carbons (Fsp3) is 0.231. The molecule has 2 heterocycles. The Morgan fingerprint density at radius 3 is 2.62 bits per heavy atom. The van der Waals surface area contributed by atoms with Crippen LogP contribution in [0.1, 0.15) is 11.3 Å². The first-order chi connectivity index (χ1) is 17.6. The summed E-state index contributed by atoms with van der Waals surface area (Å²) in [4.78, 5) is 4.51. The van der Waals surface area contributed by atoms with E-state index in [2.05, 4.69) is 26.3 Å². The van der Waals surface area contributed by atoms with Crippen molar-refractivity contribution in [2.45, 2.75) is 6.54 Å². The van der Waals surface area contributed by atoms with Crippen molar-refractivity contribution in [1.29, 1.82) is 5.26 Å². The van der Waals surface area contributed by atoms with E-state index in [0.29, 0.717) is 51.3 Å². The number of nitriles is 1. The maximum atomic E-state index is 11.3. The summed E-state index contributed by atoms with van der Waals surface area (Å²) in [5.74, 6) is 0.549. The maximum Gasteiger partial charge on any atom is 0.148 e. The number of fused-ring (bicyclic) bond motifs is 1. The lowest BCUT2D eigenvalue weighted by Crippen LogP contribution is -2.22. The third kappa shape index (κ3) is 6.00. The average Bonchev–Trinajstić information content (AvgIpc) is 3.22. The largest absolute Gasteiger partial charge is 0.495 e. The molecule has 0 unspecified atom stereocenters. The monoisotopic (exact) mass is 557 g/mol. The van der Waals surface area contributed by atoms with E-state index in [0.717, 1.165) is 22.3 Å². The number of nitrogens with one attached hydrogen (secondary N) is 2. The number of aromatic nitrogens is 2. The van der Waals surface area contributed by atoms with Gasteiger partial charge in [-0.15, -0.1) is 0 Å². The fourth-order valence-corrected chi connectivity index (χ4v) is 5.01. The molecular weight excluding hydrogens is 533 g/mol. The van der Waals surface area contributed by atoms with Gasteiger partial charge in [-0.1, -0.05) is 29.3 Å². The molecule has 8 nitrogen and oxygen atoms in total. The number of anilines is 2. The fourth-order valence-electron chi connectivity index (χ4n) is 3.98. The van der Waals surface area contributed by atoms with Gasteiger partial charge in [0, 0.05) is 61.0 Å². The van der Waals surface area contributed by atoms with Gasteiger partial charge in [0.2, 0.25) is 0 Å². The van der Waals surface area contributed by atoms with E-state index in [9.17, 15) is 13.7 Å². The summed E-state index contributed by atoms with van der Waals surface area (Å²) in [5.41, 5.74) is 5.14. The Morgan fingerprint density at radius 1 is 1.14 bits per heavy atom. The molecule has 0 spiro atoms. The van der Waals surface area contributed by atoms with Crippen LogP contribution in [0.4, 0.5) is 11.4 Å². The molecular formula is C26H25Cl2N5O3S. The number of hydrogen-bond acceptors (Lipinski definition) is 7. The normalized spacial score (nSPS) is 11.5. The number of sulfone groups is 1. The summed E-state index contributed by atoms with van der Waals surface area (Å²) in [6.45, 7) is 0.933. The Morgan fingerprint density at radius 2 is 1.92 bits per heavy atom. The van der Waals surface area contributed by atoms with Gasteiger partial charge in [-0.2, -0.15) is 5.26 Å². The summed E-state index contributed by atoms with van der Waals surface area (Å²) in [7, 11) is 0.473. The van der Waals surface area contributed by atoms with E-state index in [1.807, 2.05) is 37.4 Å². The zero-order valence-corrected chi connectivity index (χ0v) is 22.8. The third-order valence-corrected chi connectivity index (χ3v) is 7.52. The standard InChI is InChI=1S/C26H25Cl2N5O3S/c1-33-18(15-30-8-9-37(3,34)35)5-7-24(33)16-4-6-19-22(10-16)31-14-17(13-29)26(19)32-23-12-25(36-2)21(28)11-20(23)27/h4-7,10-12,14,30H,8-9,15H2,1-3H3,(H,31,32). The van der Waals surface area contributed by atoms with Gasteiger partial charge in [-0.3, -0.25) is 4.98 Å². The molecule has 0 saturated carbocycles. The van der Waals surface area contributed by atoms with Crippen molar-refractivity contribution in [2.24, 2.45) is 7.05 Å². The lowest BCUT2D eigenvalue weighted by Gasteiger charge is -2.15. The van der Waals surface area contributed by atoms with Crippen molar-refractivity contribution in [3.05, 3.63) is 70.0 Å². The van der Waals surface area contributed by atoms with Crippen LogP contribution in [0.2, 0.25) is 10.0 Å². The molecule has 192 valence electrons. The van der Waals surface area contributed by atoms with Gasteiger partial charge in [-0.25, -0.2) is 8.42 Å². The minimum absolute atomic E-state index is 0.0929. The van der Waals surface area contributed by atoms with Crippen LogP contribution < -0.4 is 15.4 Å². The van der Waals surface area contributed by atoms with Crippen molar-refractivity contribution in [2.75, 3.05) is 31.0 Å². The van der Waals surface area contributed by atoms with Crippen molar-refractivity contribution in [3.63, 3.8) is 0 Å². The number of halogens is 2. The van der Waals surface area contributed by atoms with Gasteiger partial charge >= 0.3 is 0 Å². The van der Waals surface area contributed by atoms with Crippen LogP contribution in [-0.2, 0) is 23.4 Å². The number of pyridine rings is 1. The van der Waals surface area contributed by atoms with Crippen LogP contribution in [-0.4, -0.2) is 43.6 Å². The third-order valence-electron chi connectivity index (χ3n) is 5.97. The number of ether oxygens (including phenoxy) is 1. The van der Waals surface area contributed by atoms with Crippen LogP contribution in [0.25, 0.3) is 22.2 Å². The summed E-state index contributed by atoms with van der Waals surface area (Å²) in [6.07, 6.45) is 2.75. The van der Waals surface area contributed by atoms with Crippen LogP contribution in [0.5, 0.6) is 5.75 Å². The van der Waals surface area contributed by atoms with E-state index in [1.165, 1.54) is 19.6 Å². The number of hydrogen-bond donors (Lipinski definition) is 2. The SMILES string of the molecule is COc1cc(Nc2c(C#N)cnc3cc(-c4ccc(CNCCS(C)(=O)=O)n4C)ccc23)c(Cl)cc1Cl. The van der Waals surface area contributed by atoms with Crippen molar-refractivity contribution in [1.82, 2.24) is 14.9 Å². The Bertz CT molecular complexity index is 1630. The molecule has 2 aromatic carbocycles.